The summed E-state index contributed by atoms with van der Waals surface area (Å²) in [6, 6.07) is 10.4. The van der Waals surface area contributed by atoms with Gasteiger partial charge >= 0.3 is 5.69 Å². The Morgan fingerprint density at radius 3 is 2.46 bits per heavy atom. The van der Waals surface area contributed by atoms with Crippen molar-refractivity contribution in [1.82, 2.24) is 24.0 Å². The number of aryl methyl sites for hydroxylation is 1. The summed E-state index contributed by atoms with van der Waals surface area (Å²) in [6.45, 7) is 6.90. The second-order valence-electron chi connectivity index (χ2n) is 7.04. The molecule has 0 spiro atoms. The van der Waals surface area contributed by atoms with Crippen molar-refractivity contribution in [2.45, 2.75) is 39.9 Å². The SMILES string of the molecule is CCn1c(=O)c2[nH]c(CN3CC=C(c4ccccc4)CC3)nc2n(CC)c1=O. The Balaban J connectivity index is 1.60. The number of hydrogen-bond acceptors (Lipinski definition) is 4. The van der Waals surface area contributed by atoms with Gasteiger partial charge in [-0.2, -0.15) is 0 Å². The number of nitrogens with one attached hydrogen (secondary N) is 1. The molecule has 7 nitrogen and oxygen atoms in total. The first kappa shape index (κ1) is 18.4. The van der Waals surface area contributed by atoms with E-state index in [1.165, 1.54) is 15.7 Å². The molecule has 3 aromatic rings. The number of hydrogen-bond donors (Lipinski definition) is 1. The van der Waals surface area contributed by atoms with Gasteiger partial charge in [0.05, 0.1) is 6.54 Å². The van der Waals surface area contributed by atoms with E-state index in [-0.39, 0.29) is 11.2 Å². The lowest BCUT2D eigenvalue weighted by molar-refractivity contribution is 0.287. The van der Waals surface area contributed by atoms with E-state index in [1.807, 2.05) is 13.0 Å². The number of aromatic nitrogens is 4. The fourth-order valence-corrected chi connectivity index (χ4v) is 3.83. The van der Waals surface area contributed by atoms with E-state index in [0.29, 0.717) is 30.8 Å². The normalized spacial score (nSPS) is 15.1. The van der Waals surface area contributed by atoms with Crippen molar-refractivity contribution in [3.05, 3.63) is 68.6 Å². The maximum absolute atomic E-state index is 12.6. The highest BCUT2D eigenvalue weighted by Gasteiger charge is 2.18. The van der Waals surface area contributed by atoms with Gasteiger partial charge in [0, 0.05) is 26.2 Å². The van der Waals surface area contributed by atoms with Crippen LogP contribution in [0.15, 0.2) is 46.0 Å². The van der Waals surface area contributed by atoms with Crippen LogP contribution in [0.25, 0.3) is 16.7 Å². The van der Waals surface area contributed by atoms with E-state index in [4.69, 9.17) is 0 Å². The highest BCUT2D eigenvalue weighted by molar-refractivity contribution is 5.70. The predicted molar refractivity (Wildman–Crippen MR) is 110 cm³/mol. The van der Waals surface area contributed by atoms with E-state index >= 15 is 0 Å². The predicted octanol–water partition coefficient (Wildman–Crippen LogP) is 2.22. The number of aromatic amines is 1. The first-order chi connectivity index (χ1) is 13.6. The molecule has 1 aromatic carbocycles. The van der Waals surface area contributed by atoms with Gasteiger partial charge in [0.2, 0.25) is 0 Å². The Labute approximate surface area is 162 Å². The van der Waals surface area contributed by atoms with Gasteiger partial charge in [0.15, 0.2) is 5.65 Å². The summed E-state index contributed by atoms with van der Waals surface area (Å²) in [5.74, 6) is 0.721. The molecule has 28 heavy (non-hydrogen) atoms. The van der Waals surface area contributed by atoms with Crippen molar-refractivity contribution >= 4 is 16.7 Å². The van der Waals surface area contributed by atoms with Crippen LogP contribution in [-0.2, 0) is 19.6 Å². The smallest absolute Gasteiger partial charge is 0.332 e. The number of benzene rings is 1. The minimum absolute atomic E-state index is 0.296. The second kappa shape index (κ2) is 7.59. The zero-order valence-electron chi connectivity index (χ0n) is 16.3. The number of imidazole rings is 1. The van der Waals surface area contributed by atoms with Gasteiger partial charge in [0.1, 0.15) is 11.3 Å². The fourth-order valence-electron chi connectivity index (χ4n) is 3.83. The van der Waals surface area contributed by atoms with Crippen molar-refractivity contribution in [3.8, 4) is 0 Å². The van der Waals surface area contributed by atoms with Crippen molar-refractivity contribution in [2.24, 2.45) is 0 Å². The van der Waals surface area contributed by atoms with Crippen LogP contribution in [0.1, 0.15) is 31.7 Å². The van der Waals surface area contributed by atoms with E-state index < -0.39 is 0 Å². The maximum Gasteiger partial charge on any atom is 0.332 e. The molecular formula is C21H25N5O2. The van der Waals surface area contributed by atoms with E-state index in [9.17, 15) is 9.59 Å². The van der Waals surface area contributed by atoms with Crippen molar-refractivity contribution in [2.75, 3.05) is 13.1 Å². The maximum atomic E-state index is 12.6. The fraction of sp³-hybridized carbons (Fsp3) is 0.381. The standard InChI is InChI=1S/C21H25N5O2/c1-3-25-19-18(20(27)26(4-2)21(25)28)22-17(23-19)14-24-12-10-16(11-13-24)15-8-6-5-7-9-15/h5-10H,3-4,11-14H2,1-2H3,(H,22,23). The molecule has 0 aliphatic carbocycles. The minimum atomic E-state index is -0.297. The summed E-state index contributed by atoms with van der Waals surface area (Å²) in [6.07, 6.45) is 3.24. The quantitative estimate of drug-likeness (QED) is 0.737. The van der Waals surface area contributed by atoms with Crippen LogP contribution in [0.4, 0.5) is 0 Å². The minimum Gasteiger partial charge on any atom is -0.335 e. The molecular weight excluding hydrogens is 354 g/mol. The van der Waals surface area contributed by atoms with Gasteiger partial charge < -0.3 is 4.98 Å². The summed E-state index contributed by atoms with van der Waals surface area (Å²) in [4.78, 5) is 35.1. The van der Waals surface area contributed by atoms with E-state index in [0.717, 1.165) is 25.3 Å². The molecule has 146 valence electrons. The Morgan fingerprint density at radius 2 is 1.82 bits per heavy atom. The van der Waals surface area contributed by atoms with Gasteiger partial charge in [-0.05, 0) is 31.4 Å². The Hall–Kier alpha value is -2.93. The lowest BCUT2D eigenvalue weighted by atomic mass is 10.00. The van der Waals surface area contributed by atoms with Crippen molar-refractivity contribution in [1.29, 1.82) is 0 Å². The molecule has 0 bridgehead atoms. The molecule has 1 N–H and O–H groups in total. The zero-order chi connectivity index (χ0) is 19.7. The van der Waals surface area contributed by atoms with E-state index in [2.05, 4.69) is 45.2 Å². The molecule has 1 aliphatic heterocycles. The van der Waals surface area contributed by atoms with Crippen LogP contribution in [0.5, 0.6) is 0 Å². The monoisotopic (exact) mass is 379 g/mol. The van der Waals surface area contributed by atoms with Gasteiger partial charge in [-0.15, -0.1) is 0 Å². The summed E-state index contributed by atoms with van der Waals surface area (Å²) < 4.78 is 2.81. The van der Waals surface area contributed by atoms with Crippen molar-refractivity contribution in [3.63, 3.8) is 0 Å². The molecule has 1 aliphatic rings. The molecule has 4 rings (SSSR count). The Kier molecular flexibility index (Phi) is 5.00. The van der Waals surface area contributed by atoms with Crippen LogP contribution in [-0.4, -0.2) is 37.1 Å². The summed E-state index contributed by atoms with van der Waals surface area (Å²) >= 11 is 0. The number of fused-ring (bicyclic) bond motifs is 1. The summed E-state index contributed by atoms with van der Waals surface area (Å²) in [5.41, 5.74) is 2.92. The highest BCUT2D eigenvalue weighted by atomic mass is 16.2. The average Bonchev–Trinajstić information content (AvgIpc) is 3.14. The lowest BCUT2D eigenvalue weighted by Gasteiger charge is -2.25. The molecule has 0 radical (unpaired) electrons. The highest BCUT2D eigenvalue weighted by Crippen LogP contribution is 2.22. The van der Waals surface area contributed by atoms with Crippen LogP contribution in [0, 0.1) is 0 Å². The molecule has 3 heterocycles. The third-order valence-corrected chi connectivity index (χ3v) is 5.35. The molecule has 0 fully saturated rings. The van der Waals surface area contributed by atoms with Crippen LogP contribution < -0.4 is 11.2 Å². The summed E-state index contributed by atoms with van der Waals surface area (Å²) in [7, 11) is 0. The molecule has 2 aromatic heterocycles. The Bertz CT molecular complexity index is 1140. The summed E-state index contributed by atoms with van der Waals surface area (Å²) in [5, 5.41) is 0. The third-order valence-electron chi connectivity index (χ3n) is 5.35. The second-order valence-corrected chi connectivity index (χ2v) is 7.04. The largest absolute Gasteiger partial charge is 0.335 e. The molecule has 0 saturated carbocycles. The van der Waals surface area contributed by atoms with Crippen LogP contribution in [0.2, 0.25) is 0 Å². The van der Waals surface area contributed by atoms with E-state index in [1.54, 1.807) is 11.5 Å². The number of nitrogens with zero attached hydrogens (tertiary/aromatic N) is 4. The topological polar surface area (TPSA) is 75.9 Å². The first-order valence-electron chi connectivity index (χ1n) is 9.81. The molecule has 7 heteroatoms. The molecule has 0 atom stereocenters. The average molecular weight is 379 g/mol. The zero-order valence-corrected chi connectivity index (χ0v) is 16.3. The lowest BCUT2D eigenvalue weighted by Crippen LogP contribution is -2.39. The van der Waals surface area contributed by atoms with Gasteiger partial charge in [-0.3, -0.25) is 18.8 Å². The first-order valence-corrected chi connectivity index (χ1v) is 9.81. The van der Waals surface area contributed by atoms with Crippen LogP contribution >= 0.6 is 0 Å². The molecule has 0 amide bonds. The molecule has 0 unspecified atom stereocenters. The number of rotatable bonds is 5. The van der Waals surface area contributed by atoms with Gasteiger partial charge in [0.25, 0.3) is 5.56 Å². The molecule has 0 saturated heterocycles. The third kappa shape index (κ3) is 3.22. The Morgan fingerprint density at radius 1 is 1.07 bits per heavy atom. The van der Waals surface area contributed by atoms with Gasteiger partial charge in [-0.1, -0.05) is 36.4 Å². The van der Waals surface area contributed by atoms with Crippen molar-refractivity contribution < 1.29 is 0 Å². The van der Waals surface area contributed by atoms with Crippen LogP contribution in [0.3, 0.4) is 0 Å². The van der Waals surface area contributed by atoms with Gasteiger partial charge in [-0.25, -0.2) is 9.78 Å². The number of H-pyrrole nitrogens is 1.